The fourth-order valence-electron chi connectivity index (χ4n) is 1.82. The number of hydrogen-bond donors (Lipinski definition) is 1. The maximum atomic E-state index is 5.55. The molecule has 18 heavy (non-hydrogen) atoms. The molecule has 3 nitrogen and oxygen atoms in total. The molecule has 0 saturated heterocycles. The van der Waals surface area contributed by atoms with Crippen LogP contribution in [0.4, 0.5) is 0 Å². The molecule has 2 N–H and O–H groups in total. The predicted octanol–water partition coefficient (Wildman–Crippen LogP) is 2.94. The normalized spacial score (nSPS) is 10.7. The standard InChI is InChI=1S/C14H18N2OS/c1-9-6-11(12(17-3)7-10(9)2)13-8-16-14(18-13)4-5-15/h6-8H,4-5,15H2,1-3H3. The molecule has 0 bridgehead atoms. The molecule has 4 heteroatoms. The van der Waals surface area contributed by atoms with Gasteiger partial charge in [0, 0.05) is 18.2 Å². The number of nitrogens with two attached hydrogens (primary N) is 1. The summed E-state index contributed by atoms with van der Waals surface area (Å²) in [5.74, 6) is 0.904. The highest BCUT2D eigenvalue weighted by Crippen LogP contribution is 2.35. The number of ether oxygens (including phenoxy) is 1. The van der Waals surface area contributed by atoms with E-state index < -0.39 is 0 Å². The second kappa shape index (κ2) is 5.50. The molecule has 0 aliphatic rings. The summed E-state index contributed by atoms with van der Waals surface area (Å²) in [6.45, 7) is 4.84. The van der Waals surface area contributed by atoms with Gasteiger partial charge in [-0.05, 0) is 43.7 Å². The van der Waals surface area contributed by atoms with Crippen LogP contribution in [0.15, 0.2) is 18.3 Å². The van der Waals surface area contributed by atoms with Crippen molar-refractivity contribution in [3.8, 4) is 16.2 Å². The lowest BCUT2D eigenvalue weighted by atomic mass is 10.0. The van der Waals surface area contributed by atoms with Gasteiger partial charge in [-0.3, -0.25) is 0 Å². The van der Waals surface area contributed by atoms with E-state index in [2.05, 4.69) is 31.0 Å². The highest BCUT2D eigenvalue weighted by molar-refractivity contribution is 7.15. The zero-order valence-corrected chi connectivity index (χ0v) is 11.8. The van der Waals surface area contributed by atoms with Crippen LogP contribution in [0.1, 0.15) is 16.1 Å². The molecule has 0 aliphatic heterocycles. The van der Waals surface area contributed by atoms with Gasteiger partial charge in [0.05, 0.1) is 17.0 Å². The van der Waals surface area contributed by atoms with Crippen molar-refractivity contribution in [2.75, 3.05) is 13.7 Å². The van der Waals surface area contributed by atoms with Crippen LogP contribution in [0.5, 0.6) is 5.75 Å². The van der Waals surface area contributed by atoms with Gasteiger partial charge in [0.25, 0.3) is 0 Å². The second-order valence-corrected chi connectivity index (χ2v) is 5.41. The van der Waals surface area contributed by atoms with Crippen LogP contribution in [0, 0.1) is 13.8 Å². The molecule has 1 heterocycles. The molecular formula is C14H18N2OS. The first-order valence-corrected chi connectivity index (χ1v) is 6.77. The Balaban J connectivity index is 2.45. The number of aryl methyl sites for hydroxylation is 2. The monoisotopic (exact) mass is 262 g/mol. The van der Waals surface area contributed by atoms with Crippen molar-refractivity contribution in [3.05, 3.63) is 34.5 Å². The molecule has 0 atom stereocenters. The summed E-state index contributed by atoms with van der Waals surface area (Å²) >= 11 is 1.68. The molecule has 0 spiro atoms. The molecule has 0 fully saturated rings. The molecule has 0 aliphatic carbocycles. The molecule has 2 rings (SSSR count). The Hall–Kier alpha value is -1.39. The van der Waals surface area contributed by atoms with Gasteiger partial charge in [0.2, 0.25) is 0 Å². The summed E-state index contributed by atoms with van der Waals surface area (Å²) in [7, 11) is 1.70. The second-order valence-electron chi connectivity index (χ2n) is 4.29. The molecule has 2 aromatic rings. The van der Waals surface area contributed by atoms with Crippen LogP contribution in [0.2, 0.25) is 0 Å². The third-order valence-electron chi connectivity index (χ3n) is 2.99. The van der Waals surface area contributed by atoms with E-state index in [0.717, 1.165) is 27.6 Å². The largest absolute Gasteiger partial charge is 0.496 e. The Bertz CT molecular complexity index is 549. The van der Waals surface area contributed by atoms with Gasteiger partial charge < -0.3 is 10.5 Å². The first kappa shape index (κ1) is 13.1. The molecule has 0 saturated carbocycles. The van der Waals surface area contributed by atoms with Crippen LogP contribution in [0.25, 0.3) is 10.4 Å². The highest BCUT2D eigenvalue weighted by atomic mass is 32.1. The van der Waals surface area contributed by atoms with Crippen LogP contribution < -0.4 is 10.5 Å². The van der Waals surface area contributed by atoms with Gasteiger partial charge in [-0.15, -0.1) is 11.3 Å². The van der Waals surface area contributed by atoms with Crippen molar-refractivity contribution in [1.29, 1.82) is 0 Å². The summed E-state index contributed by atoms with van der Waals surface area (Å²) < 4.78 is 5.46. The van der Waals surface area contributed by atoms with Crippen molar-refractivity contribution >= 4 is 11.3 Å². The molecular weight excluding hydrogens is 244 g/mol. The topological polar surface area (TPSA) is 48.1 Å². The van der Waals surface area contributed by atoms with E-state index in [4.69, 9.17) is 10.5 Å². The number of benzene rings is 1. The molecule has 0 unspecified atom stereocenters. The summed E-state index contributed by atoms with van der Waals surface area (Å²) in [6, 6.07) is 4.24. The first-order valence-electron chi connectivity index (χ1n) is 5.96. The number of thiazole rings is 1. The van der Waals surface area contributed by atoms with Crippen molar-refractivity contribution in [3.63, 3.8) is 0 Å². The van der Waals surface area contributed by atoms with Crippen LogP contribution in [-0.4, -0.2) is 18.6 Å². The molecule has 1 aromatic carbocycles. The number of nitrogens with zero attached hydrogens (tertiary/aromatic N) is 1. The van der Waals surface area contributed by atoms with Crippen molar-refractivity contribution < 1.29 is 4.74 Å². The van der Waals surface area contributed by atoms with Crippen LogP contribution in [-0.2, 0) is 6.42 Å². The van der Waals surface area contributed by atoms with Crippen LogP contribution in [0.3, 0.4) is 0 Å². The minimum absolute atomic E-state index is 0.636. The fourth-order valence-corrected chi connectivity index (χ4v) is 2.78. The predicted molar refractivity (Wildman–Crippen MR) is 76.3 cm³/mol. The van der Waals surface area contributed by atoms with E-state index in [-0.39, 0.29) is 0 Å². The Kier molecular flexibility index (Phi) is 3.99. The summed E-state index contributed by atoms with van der Waals surface area (Å²) in [4.78, 5) is 5.53. The minimum atomic E-state index is 0.636. The number of methoxy groups -OCH3 is 1. The van der Waals surface area contributed by atoms with E-state index in [1.165, 1.54) is 11.1 Å². The lowest BCUT2D eigenvalue weighted by molar-refractivity contribution is 0.416. The summed E-state index contributed by atoms with van der Waals surface area (Å²) in [5.41, 5.74) is 9.16. The van der Waals surface area contributed by atoms with Gasteiger partial charge in [-0.1, -0.05) is 0 Å². The Morgan fingerprint density at radius 1 is 1.28 bits per heavy atom. The van der Waals surface area contributed by atoms with E-state index >= 15 is 0 Å². The lowest BCUT2D eigenvalue weighted by Gasteiger charge is -2.10. The van der Waals surface area contributed by atoms with E-state index in [1.807, 2.05) is 6.20 Å². The van der Waals surface area contributed by atoms with Gasteiger partial charge in [0.1, 0.15) is 5.75 Å². The number of aromatic nitrogens is 1. The van der Waals surface area contributed by atoms with Crippen molar-refractivity contribution in [2.45, 2.75) is 20.3 Å². The summed E-state index contributed by atoms with van der Waals surface area (Å²) in [6.07, 6.45) is 2.74. The van der Waals surface area contributed by atoms with E-state index in [9.17, 15) is 0 Å². The number of rotatable bonds is 4. The third kappa shape index (κ3) is 2.54. The first-order chi connectivity index (χ1) is 8.65. The van der Waals surface area contributed by atoms with Crippen LogP contribution >= 0.6 is 11.3 Å². The molecule has 96 valence electrons. The maximum absolute atomic E-state index is 5.55. The smallest absolute Gasteiger partial charge is 0.127 e. The SMILES string of the molecule is COc1cc(C)c(C)cc1-c1cnc(CCN)s1. The van der Waals surface area contributed by atoms with Gasteiger partial charge in [0.15, 0.2) is 0 Å². The van der Waals surface area contributed by atoms with Crippen molar-refractivity contribution in [1.82, 2.24) is 4.98 Å². The van der Waals surface area contributed by atoms with E-state index in [0.29, 0.717) is 6.54 Å². The number of hydrogen-bond acceptors (Lipinski definition) is 4. The van der Waals surface area contributed by atoms with Gasteiger partial charge in [-0.2, -0.15) is 0 Å². The average molecular weight is 262 g/mol. The average Bonchev–Trinajstić information content (AvgIpc) is 2.81. The van der Waals surface area contributed by atoms with Gasteiger partial charge in [-0.25, -0.2) is 4.98 Å². The third-order valence-corrected chi connectivity index (χ3v) is 4.08. The van der Waals surface area contributed by atoms with E-state index in [1.54, 1.807) is 18.4 Å². The molecule has 0 radical (unpaired) electrons. The summed E-state index contributed by atoms with van der Waals surface area (Å²) in [5, 5.41) is 1.08. The quantitative estimate of drug-likeness (QED) is 0.921. The maximum Gasteiger partial charge on any atom is 0.127 e. The Morgan fingerprint density at radius 2 is 2.00 bits per heavy atom. The molecule has 1 aromatic heterocycles. The minimum Gasteiger partial charge on any atom is -0.496 e. The lowest BCUT2D eigenvalue weighted by Crippen LogP contribution is -2.01. The zero-order chi connectivity index (χ0) is 13.1. The Morgan fingerprint density at radius 3 is 2.67 bits per heavy atom. The van der Waals surface area contributed by atoms with Gasteiger partial charge >= 0.3 is 0 Å². The highest BCUT2D eigenvalue weighted by Gasteiger charge is 2.11. The van der Waals surface area contributed by atoms with Crippen molar-refractivity contribution in [2.24, 2.45) is 5.73 Å². The fraction of sp³-hybridized carbons (Fsp3) is 0.357. The zero-order valence-electron chi connectivity index (χ0n) is 11.0. The Labute approximate surface area is 112 Å². The molecule has 0 amide bonds.